The van der Waals surface area contributed by atoms with Crippen molar-refractivity contribution in [1.29, 1.82) is 0 Å². The molecule has 2 fully saturated rings. The van der Waals surface area contributed by atoms with E-state index in [1.807, 2.05) is 0 Å². The van der Waals surface area contributed by atoms with Crippen LogP contribution in [0.1, 0.15) is 46.4 Å². The fourth-order valence-corrected chi connectivity index (χ4v) is 5.89. The van der Waals surface area contributed by atoms with E-state index < -0.39 is 15.9 Å². The predicted molar refractivity (Wildman–Crippen MR) is 129 cm³/mol. The van der Waals surface area contributed by atoms with Crippen molar-refractivity contribution in [2.45, 2.75) is 25.7 Å². The van der Waals surface area contributed by atoms with E-state index in [1.165, 1.54) is 18.5 Å². The molecule has 0 spiro atoms. The van der Waals surface area contributed by atoms with Gasteiger partial charge in [0.1, 0.15) is 0 Å². The van der Waals surface area contributed by atoms with Crippen LogP contribution >= 0.6 is 0 Å². The first kappa shape index (κ1) is 23.9. The summed E-state index contributed by atoms with van der Waals surface area (Å²) >= 11 is 0. The molecule has 2 amide bonds. The number of piperidine rings is 1. The monoisotopic (exact) mass is 487 g/mol. The van der Waals surface area contributed by atoms with Crippen molar-refractivity contribution in [3.8, 4) is 11.5 Å². The molecular weight excluding hydrogens is 458 g/mol. The summed E-state index contributed by atoms with van der Waals surface area (Å²) in [6.45, 7) is 1.77. The lowest BCUT2D eigenvalue weighted by Gasteiger charge is -2.28. The third kappa shape index (κ3) is 4.82. The van der Waals surface area contributed by atoms with Gasteiger partial charge in [0.25, 0.3) is 11.8 Å². The maximum atomic E-state index is 13.3. The molecule has 0 atom stereocenters. The van der Waals surface area contributed by atoms with Crippen LogP contribution in [-0.4, -0.2) is 64.7 Å². The topological polar surface area (TPSA) is 105 Å². The van der Waals surface area contributed by atoms with E-state index in [-0.39, 0.29) is 11.7 Å². The van der Waals surface area contributed by atoms with Crippen molar-refractivity contribution < 1.29 is 27.5 Å². The summed E-state index contributed by atoms with van der Waals surface area (Å²) < 4.78 is 36.4. The molecule has 0 aromatic heterocycles. The van der Waals surface area contributed by atoms with Crippen molar-refractivity contribution >= 4 is 33.2 Å². The second-order valence-electron chi connectivity index (χ2n) is 8.35. The van der Waals surface area contributed by atoms with E-state index in [4.69, 9.17) is 9.47 Å². The molecular formula is C24H29N3O6S. The Morgan fingerprint density at radius 3 is 2.12 bits per heavy atom. The van der Waals surface area contributed by atoms with Crippen molar-refractivity contribution in [3.05, 3.63) is 47.5 Å². The van der Waals surface area contributed by atoms with Gasteiger partial charge in [-0.1, -0.05) is 0 Å². The number of sulfonamides is 1. The van der Waals surface area contributed by atoms with E-state index in [2.05, 4.69) is 5.32 Å². The smallest absolute Gasteiger partial charge is 0.256 e. The molecule has 2 heterocycles. The number of methoxy groups -OCH3 is 2. The summed E-state index contributed by atoms with van der Waals surface area (Å²) in [6.07, 6.45) is 3.56. The minimum atomic E-state index is -3.30. The molecule has 2 aromatic rings. The van der Waals surface area contributed by atoms with Crippen LogP contribution in [0.4, 0.5) is 11.4 Å². The molecule has 4 rings (SSSR count). The number of nitrogens with one attached hydrogen (secondary N) is 1. The Balaban J connectivity index is 1.60. The number of hydrogen-bond donors (Lipinski definition) is 1. The van der Waals surface area contributed by atoms with Crippen LogP contribution in [0.15, 0.2) is 36.4 Å². The van der Waals surface area contributed by atoms with Crippen molar-refractivity contribution in [2.24, 2.45) is 0 Å². The Labute approximate surface area is 199 Å². The van der Waals surface area contributed by atoms with Crippen LogP contribution in [0.5, 0.6) is 11.5 Å². The zero-order chi connectivity index (χ0) is 24.3. The van der Waals surface area contributed by atoms with Crippen LogP contribution in [0.25, 0.3) is 0 Å². The molecule has 2 aliphatic rings. The lowest BCUT2D eigenvalue weighted by Crippen LogP contribution is -2.36. The molecule has 0 radical (unpaired) electrons. The lowest BCUT2D eigenvalue weighted by atomic mass is 10.1. The summed E-state index contributed by atoms with van der Waals surface area (Å²) in [7, 11) is -0.317. The summed E-state index contributed by atoms with van der Waals surface area (Å²) in [6, 6.07) is 9.56. The van der Waals surface area contributed by atoms with Gasteiger partial charge in [-0.3, -0.25) is 13.9 Å². The third-order valence-electron chi connectivity index (χ3n) is 6.16. The van der Waals surface area contributed by atoms with Crippen LogP contribution in [0.3, 0.4) is 0 Å². The molecule has 0 unspecified atom stereocenters. The zero-order valence-corrected chi connectivity index (χ0v) is 20.2. The SMILES string of the molecule is COc1cc(NC(=O)c2ccc(N3CCCS3(=O)=O)cc2)c(C(=O)N2CCCCC2)cc1OC. The molecule has 10 heteroatoms. The highest BCUT2D eigenvalue weighted by atomic mass is 32.2. The Kier molecular flexibility index (Phi) is 6.97. The second kappa shape index (κ2) is 9.92. The van der Waals surface area contributed by atoms with Crippen molar-refractivity contribution in [3.63, 3.8) is 0 Å². The molecule has 0 aliphatic carbocycles. The predicted octanol–water partition coefficient (Wildman–Crippen LogP) is 3.12. The number of hydrogen-bond acceptors (Lipinski definition) is 6. The Morgan fingerprint density at radius 1 is 0.882 bits per heavy atom. The Bertz CT molecular complexity index is 1170. The van der Waals surface area contributed by atoms with E-state index in [1.54, 1.807) is 41.3 Å². The highest BCUT2D eigenvalue weighted by Gasteiger charge is 2.29. The van der Waals surface area contributed by atoms with Crippen LogP contribution < -0.4 is 19.1 Å². The number of anilines is 2. The quantitative estimate of drug-likeness (QED) is 0.671. The molecule has 0 saturated carbocycles. The number of carbonyl (C=O) groups is 2. The minimum Gasteiger partial charge on any atom is -0.493 e. The number of amides is 2. The molecule has 9 nitrogen and oxygen atoms in total. The van der Waals surface area contributed by atoms with Gasteiger partial charge in [0.2, 0.25) is 10.0 Å². The summed E-state index contributed by atoms with van der Waals surface area (Å²) in [5, 5.41) is 2.82. The number of nitrogens with zero attached hydrogens (tertiary/aromatic N) is 2. The molecule has 2 aromatic carbocycles. The lowest BCUT2D eigenvalue weighted by molar-refractivity contribution is 0.0725. The highest BCUT2D eigenvalue weighted by molar-refractivity contribution is 7.93. The summed E-state index contributed by atoms with van der Waals surface area (Å²) in [5.41, 5.74) is 1.52. The molecule has 34 heavy (non-hydrogen) atoms. The second-order valence-corrected chi connectivity index (χ2v) is 10.4. The minimum absolute atomic E-state index is 0.127. The van der Waals surface area contributed by atoms with Crippen molar-refractivity contribution in [1.82, 2.24) is 4.90 Å². The van der Waals surface area contributed by atoms with Gasteiger partial charge in [-0.05, 0) is 56.0 Å². The van der Waals surface area contributed by atoms with Crippen LogP contribution in [-0.2, 0) is 10.0 Å². The Hall–Kier alpha value is -3.27. The average Bonchev–Trinajstić information content (AvgIpc) is 3.22. The van der Waals surface area contributed by atoms with Gasteiger partial charge >= 0.3 is 0 Å². The first-order valence-electron chi connectivity index (χ1n) is 11.3. The summed E-state index contributed by atoms with van der Waals surface area (Å²) in [4.78, 5) is 28.1. The highest BCUT2D eigenvalue weighted by Crippen LogP contribution is 2.35. The number of benzene rings is 2. The van der Waals surface area contributed by atoms with Gasteiger partial charge in [-0.25, -0.2) is 8.42 Å². The van der Waals surface area contributed by atoms with Gasteiger partial charge < -0.3 is 19.7 Å². The zero-order valence-electron chi connectivity index (χ0n) is 19.4. The standard InChI is InChI=1S/C24H29N3O6S/c1-32-21-15-19(24(29)26-11-4-3-5-12-26)20(16-22(21)33-2)25-23(28)17-7-9-18(10-8-17)27-13-6-14-34(27,30)31/h7-10,15-16H,3-6,11-14H2,1-2H3,(H,25,28). The average molecular weight is 488 g/mol. The summed E-state index contributed by atoms with van der Waals surface area (Å²) in [5.74, 6) is 0.323. The fraction of sp³-hybridized carbons (Fsp3) is 0.417. The van der Waals surface area contributed by atoms with Crippen LogP contribution in [0.2, 0.25) is 0 Å². The normalized spacial score (nSPS) is 17.4. The van der Waals surface area contributed by atoms with Gasteiger partial charge in [-0.15, -0.1) is 0 Å². The molecule has 0 bridgehead atoms. The molecule has 2 saturated heterocycles. The van der Waals surface area contributed by atoms with E-state index in [9.17, 15) is 18.0 Å². The molecule has 182 valence electrons. The first-order valence-corrected chi connectivity index (χ1v) is 12.9. The van der Waals surface area contributed by atoms with Gasteiger partial charge in [-0.2, -0.15) is 0 Å². The first-order chi connectivity index (χ1) is 16.3. The van der Waals surface area contributed by atoms with Gasteiger partial charge in [0.05, 0.1) is 36.9 Å². The largest absolute Gasteiger partial charge is 0.493 e. The van der Waals surface area contributed by atoms with Gasteiger partial charge in [0, 0.05) is 31.3 Å². The number of ether oxygens (including phenoxy) is 2. The van der Waals surface area contributed by atoms with E-state index in [0.717, 1.165) is 19.3 Å². The van der Waals surface area contributed by atoms with E-state index in [0.29, 0.717) is 60.1 Å². The maximum absolute atomic E-state index is 13.3. The fourth-order valence-electron chi connectivity index (χ4n) is 4.33. The maximum Gasteiger partial charge on any atom is 0.256 e. The number of likely N-dealkylation sites (tertiary alicyclic amines) is 1. The number of carbonyl (C=O) groups excluding carboxylic acids is 2. The van der Waals surface area contributed by atoms with E-state index >= 15 is 0 Å². The van der Waals surface area contributed by atoms with Crippen molar-refractivity contribution in [2.75, 3.05) is 49.2 Å². The van der Waals surface area contributed by atoms with Crippen LogP contribution in [0, 0.1) is 0 Å². The third-order valence-corrected chi connectivity index (χ3v) is 8.03. The molecule has 1 N–H and O–H groups in total. The Morgan fingerprint density at radius 2 is 1.53 bits per heavy atom. The molecule has 2 aliphatic heterocycles. The van der Waals surface area contributed by atoms with Gasteiger partial charge in [0.15, 0.2) is 11.5 Å². The number of rotatable bonds is 6.